The van der Waals surface area contributed by atoms with Gasteiger partial charge in [-0.25, -0.2) is 4.79 Å². The van der Waals surface area contributed by atoms with Gasteiger partial charge in [-0.05, 0) is 26.1 Å². The Balaban J connectivity index is 3.41. The van der Waals surface area contributed by atoms with Crippen molar-refractivity contribution >= 4 is 14.3 Å². The molecular formula is C25H52O3Si. The molecule has 0 aliphatic carbocycles. The first kappa shape index (κ1) is 28.6. The van der Waals surface area contributed by atoms with E-state index in [2.05, 4.69) is 26.6 Å². The summed E-state index contributed by atoms with van der Waals surface area (Å²) in [5, 5.41) is 0. The van der Waals surface area contributed by atoms with Crippen molar-refractivity contribution in [2.45, 2.75) is 148 Å². The van der Waals surface area contributed by atoms with Gasteiger partial charge in [0, 0.05) is 0 Å². The average Bonchev–Trinajstić information content (AvgIpc) is 2.67. The van der Waals surface area contributed by atoms with E-state index in [0.717, 1.165) is 12.8 Å². The van der Waals surface area contributed by atoms with Gasteiger partial charge >= 0.3 is 5.97 Å². The summed E-state index contributed by atoms with van der Waals surface area (Å²) < 4.78 is 10.9. The molecule has 1 atom stereocenters. The molecule has 0 spiro atoms. The molecule has 0 saturated carbocycles. The van der Waals surface area contributed by atoms with Crippen LogP contribution in [0, 0.1) is 0 Å². The largest absolute Gasteiger partial charge is 0.467 e. The van der Waals surface area contributed by atoms with Crippen molar-refractivity contribution in [3.8, 4) is 0 Å². The smallest absolute Gasteiger partial charge is 0.333 e. The summed E-state index contributed by atoms with van der Waals surface area (Å²) in [6.45, 7) is 8.65. The summed E-state index contributed by atoms with van der Waals surface area (Å²) in [6.07, 6.45) is 23.8. The van der Waals surface area contributed by atoms with Crippen LogP contribution >= 0.6 is 0 Å². The number of ether oxygens (including phenoxy) is 1. The molecule has 0 bridgehead atoms. The van der Waals surface area contributed by atoms with Gasteiger partial charge in [0.1, 0.15) is 6.10 Å². The van der Waals surface area contributed by atoms with E-state index < -0.39 is 8.32 Å². The lowest BCUT2D eigenvalue weighted by Gasteiger charge is -2.24. The minimum atomic E-state index is -1.71. The highest BCUT2D eigenvalue weighted by molar-refractivity contribution is 6.69. The van der Waals surface area contributed by atoms with Crippen LogP contribution in [-0.4, -0.2) is 27.5 Å². The number of hydrogen-bond acceptors (Lipinski definition) is 3. The van der Waals surface area contributed by atoms with Gasteiger partial charge in [0.05, 0.1) is 7.11 Å². The quantitative estimate of drug-likeness (QED) is 0.104. The Morgan fingerprint density at radius 1 is 0.655 bits per heavy atom. The van der Waals surface area contributed by atoms with Crippen LogP contribution in [0.1, 0.15) is 122 Å². The zero-order chi connectivity index (χ0) is 21.8. The van der Waals surface area contributed by atoms with Crippen LogP contribution in [-0.2, 0) is 14.0 Å². The molecule has 0 amide bonds. The number of carbonyl (C=O) groups is 1. The highest BCUT2D eigenvalue weighted by Crippen LogP contribution is 2.17. The first-order chi connectivity index (χ1) is 13.9. The number of unbranched alkanes of at least 4 members (excludes halogenated alkanes) is 16. The number of hydrogen-bond donors (Lipinski definition) is 0. The lowest BCUT2D eigenvalue weighted by Crippen LogP contribution is -2.37. The fraction of sp³-hybridized carbons (Fsp3) is 0.960. The maximum absolute atomic E-state index is 11.9. The van der Waals surface area contributed by atoms with Crippen LogP contribution in [0.15, 0.2) is 0 Å². The maximum Gasteiger partial charge on any atom is 0.333 e. The minimum absolute atomic E-state index is 0.205. The van der Waals surface area contributed by atoms with Crippen LogP contribution < -0.4 is 0 Å². The summed E-state index contributed by atoms with van der Waals surface area (Å²) >= 11 is 0. The fourth-order valence-electron chi connectivity index (χ4n) is 3.84. The molecule has 1 unspecified atom stereocenters. The van der Waals surface area contributed by atoms with E-state index >= 15 is 0 Å². The third kappa shape index (κ3) is 20.7. The van der Waals surface area contributed by atoms with Gasteiger partial charge in [-0.3, -0.25) is 0 Å². The van der Waals surface area contributed by atoms with Gasteiger partial charge in [0.15, 0.2) is 8.32 Å². The SMILES string of the molecule is CCCCCCCCCCCCCCCCCCCC(O[Si](C)(C)C)C(=O)OC. The normalized spacial score (nSPS) is 12.9. The van der Waals surface area contributed by atoms with Crippen molar-refractivity contribution in [3.05, 3.63) is 0 Å². The third-order valence-electron chi connectivity index (χ3n) is 5.53. The molecule has 0 aliphatic rings. The van der Waals surface area contributed by atoms with E-state index in [9.17, 15) is 4.79 Å². The highest BCUT2D eigenvalue weighted by Gasteiger charge is 2.26. The van der Waals surface area contributed by atoms with Crippen molar-refractivity contribution in [2.24, 2.45) is 0 Å². The number of methoxy groups -OCH3 is 1. The van der Waals surface area contributed by atoms with Gasteiger partial charge < -0.3 is 9.16 Å². The van der Waals surface area contributed by atoms with Crippen molar-refractivity contribution in [1.29, 1.82) is 0 Å². The molecule has 0 radical (unpaired) electrons. The minimum Gasteiger partial charge on any atom is -0.467 e. The molecule has 0 fully saturated rings. The molecule has 0 N–H and O–H groups in total. The van der Waals surface area contributed by atoms with Crippen LogP contribution in [0.4, 0.5) is 0 Å². The van der Waals surface area contributed by atoms with Gasteiger partial charge in [-0.2, -0.15) is 0 Å². The van der Waals surface area contributed by atoms with E-state index in [-0.39, 0.29) is 12.1 Å². The van der Waals surface area contributed by atoms with Crippen LogP contribution in [0.3, 0.4) is 0 Å². The molecule has 0 rings (SSSR count). The number of esters is 1. The van der Waals surface area contributed by atoms with E-state index in [1.165, 1.54) is 110 Å². The molecule has 0 heterocycles. The molecule has 29 heavy (non-hydrogen) atoms. The van der Waals surface area contributed by atoms with Gasteiger partial charge in [0.2, 0.25) is 0 Å². The molecule has 0 aromatic carbocycles. The number of carbonyl (C=O) groups excluding carboxylic acids is 1. The van der Waals surface area contributed by atoms with Crippen molar-refractivity contribution in [3.63, 3.8) is 0 Å². The Bertz CT molecular complexity index is 366. The van der Waals surface area contributed by atoms with Gasteiger partial charge in [-0.15, -0.1) is 0 Å². The summed E-state index contributed by atoms with van der Waals surface area (Å²) in [5.41, 5.74) is 0. The molecule has 3 nitrogen and oxygen atoms in total. The number of rotatable bonds is 21. The first-order valence-electron chi connectivity index (χ1n) is 12.7. The van der Waals surface area contributed by atoms with Gasteiger partial charge in [-0.1, -0.05) is 116 Å². The lowest BCUT2D eigenvalue weighted by atomic mass is 10.0. The first-order valence-corrected chi connectivity index (χ1v) is 16.1. The molecule has 174 valence electrons. The Kier molecular flexibility index (Phi) is 19.4. The molecule has 0 saturated heterocycles. The van der Waals surface area contributed by atoms with Crippen LogP contribution in [0.2, 0.25) is 19.6 Å². The average molecular weight is 429 g/mol. The predicted octanol–water partition coefficient (Wildman–Crippen LogP) is 8.42. The topological polar surface area (TPSA) is 35.5 Å². The Morgan fingerprint density at radius 3 is 1.31 bits per heavy atom. The lowest BCUT2D eigenvalue weighted by molar-refractivity contribution is -0.149. The fourth-order valence-corrected chi connectivity index (χ4v) is 4.91. The zero-order valence-electron chi connectivity index (χ0n) is 20.5. The van der Waals surface area contributed by atoms with Crippen molar-refractivity contribution < 1.29 is 14.0 Å². The summed E-state index contributed by atoms with van der Waals surface area (Å²) in [4.78, 5) is 11.9. The molecule has 0 aromatic rings. The zero-order valence-corrected chi connectivity index (χ0v) is 21.5. The van der Waals surface area contributed by atoms with Crippen molar-refractivity contribution in [2.75, 3.05) is 7.11 Å². The van der Waals surface area contributed by atoms with E-state index in [1.54, 1.807) is 0 Å². The maximum atomic E-state index is 11.9. The van der Waals surface area contributed by atoms with E-state index in [0.29, 0.717) is 0 Å². The predicted molar refractivity (Wildman–Crippen MR) is 129 cm³/mol. The second-order valence-electron chi connectivity index (χ2n) is 9.69. The molecule has 0 aromatic heterocycles. The van der Waals surface area contributed by atoms with E-state index in [1.807, 2.05) is 0 Å². The Labute approximate surface area is 183 Å². The molecular weight excluding hydrogens is 376 g/mol. The van der Waals surface area contributed by atoms with Gasteiger partial charge in [0.25, 0.3) is 0 Å². The van der Waals surface area contributed by atoms with Crippen molar-refractivity contribution in [1.82, 2.24) is 0 Å². The standard InChI is InChI=1S/C25H52O3Si/c1-6-7-8-9-10-11-12-13-14-15-16-17-18-19-20-21-22-23-24(25(26)27-2)28-29(3,4)5/h24H,6-23H2,1-5H3. The van der Waals surface area contributed by atoms with Crippen LogP contribution in [0.25, 0.3) is 0 Å². The Morgan fingerprint density at radius 2 is 1.00 bits per heavy atom. The second-order valence-corrected chi connectivity index (χ2v) is 14.1. The molecule has 0 aliphatic heterocycles. The van der Waals surface area contributed by atoms with Crippen LogP contribution in [0.5, 0.6) is 0 Å². The molecule has 4 heteroatoms. The Hall–Kier alpha value is -0.353. The second kappa shape index (κ2) is 19.6. The summed E-state index contributed by atoms with van der Waals surface area (Å²) in [6, 6.07) is 0. The summed E-state index contributed by atoms with van der Waals surface area (Å²) in [7, 11) is -0.257. The highest BCUT2D eigenvalue weighted by atomic mass is 28.4. The monoisotopic (exact) mass is 428 g/mol. The van der Waals surface area contributed by atoms with E-state index in [4.69, 9.17) is 9.16 Å². The third-order valence-corrected chi connectivity index (χ3v) is 6.52. The summed E-state index contributed by atoms with van der Waals surface area (Å²) in [5.74, 6) is -0.205.